The van der Waals surface area contributed by atoms with E-state index in [1.165, 1.54) is 13.2 Å². The Labute approximate surface area is 170 Å². The molecule has 0 aliphatic carbocycles. The first-order chi connectivity index (χ1) is 12.4. The molecule has 0 saturated heterocycles. The van der Waals surface area contributed by atoms with E-state index >= 15 is 0 Å². The Balaban J connectivity index is 2.37. The molecule has 0 saturated carbocycles. The molecule has 134 valence electrons. The number of nitrogens with zero attached hydrogens (tertiary/aromatic N) is 1. The summed E-state index contributed by atoms with van der Waals surface area (Å²) in [6.45, 7) is 1.80. The van der Waals surface area contributed by atoms with Gasteiger partial charge in [-0.05, 0) is 71.0 Å². The van der Waals surface area contributed by atoms with Crippen molar-refractivity contribution in [2.45, 2.75) is 6.92 Å². The minimum Gasteiger partial charge on any atom is -0.493 e. The molecule has 0 radical (unpaired) electrons. The number of hydrogen-bond acceptors (Lipinski definition) is 4. The summed E-state index contributed by atoms with van der Waals surface area (Å²) in [7, 11) is 3.07. The molecule has 0 unspecified atom stereocenters. The van der Waals surface area contributed by atoms with Crippen LogP contribution in [0.5, 0.6) is 11.5 Å². The topological polar surface area (TPSA) is 71.3 Å². The molecule has 5 nitrogen and oxygen atoms in total. The number of nitriles is 1. The second-order valence-corrected chi connectivity index (χ2v) is 6.83. The third kappa shape index (κ3) is 4.48. The van der Waals surface area contributed by atoms with Gasteiger partial charge in [-0.15, -0.1) is 0 Å². The van der Waals surface area contributed by atoms with Gasteiger partial charge in [0.2, 0.25) is 0 Å². The Bertz CT molecular complexity index is 920. The lowest BCUT2D eigenvalue weighted by molar-refractivity contribution is -0.112. The van der Waals surface area contributed by atoms with Gasteiger partial charge in [0, 0.05) is 14.3 Å². The first-order valence-corrected chi connectivity index (χ1v) is 8.96. The van der Waals surface area contributed by atoms with Gasteiger partial charge in [-0.25, -0.2) is 0 Å². The third-order valence-corrected chi connectivity index (χ3v) is 5.03. The van der Waals surface area contributed by atoms with E-state index in [-0.39, 0.29) is 5.57 Å². The minimum absolute atomic E-state index is 0.0329. The van der Waals surface area contributed by atoms with Crippen LogP contribution in [-0.2, 0) is 4.79 Å². The molecule has 0 aliphatic rings. The van der Waals surface area contributed by atoms with E-state index in [1.807, 2.05) is 6.07 Å². The number of amides is 1. The Hall–Kier alpha value is -2.24. The molecule has 7 heteroatoms. The van der Waals surface area contributed by atoms with Gasteiger partial charge < -0.3 is 14.8 Å². The standard InChI is InChI=1S/C19H16ClIN2O3/c1-11-14(20)5-4-6-16(11)23-19(24)13(10-22)7-12-8-17(25-2)18(26-3)9-15(12)21/h4-9H,1-3H3,(H,23,24)/b13-7+. The van der Waals surface area contributed by atoms with Crippen LogP contribution in [0.2, 0.25) is 5.02 Å². The van der Waals surface area contributed by atoms with Crippen LogP contribution in [-0.4, -0.2) is 20.1 Å². The average Bonchev–Trinajstić information content (AvgIpc) is 2.64. The van der Waals surface area contributed by atoms with Crippen molar-refractivity contribution in [3.8, 4) is 17.6 Å². The van der Waals surface area contributed by atoms with E-state index in [0.29, 0.717) is 27.8 Å². The number of rotatable bonds is 5. The molecular formula is C19H16ClIN2O3. The molecule has 1 amide bonds. The highest BCUT2D eigenvalue weighted by Crippen LogP contribution is 2.32. The summed E-state index contributed by atoms with van der Waals surface area (Å²) in [5, 5.41) is 12.7. The molecule has 0 aromatic heterocycles. The fraction of sp³-hybridized carbons (Fsp3) is 0.158. The monoisotopic (exact) mass is 482 g/mol. The van der Waals surface area contributed by atoms with Crippen LogP contribution >= 0.6 is 34.2 Å². The lowest BCUT2D eigenvalue weighted by Crippen LogP contribution is -2.14. The molecule has 0 spiro atoms. The lowest BCUT2D eigenvalue weighted by atomic mass is 10.1. The van der Waals surface area contributed by atoms with E-state index in [0.717, 1.165) is 9.13 Å². The summed E-state index contributed by atoms with van der Waals surface area (Å²) >= 11 is 8.18. The van der Waals surface area contributed by atoms with Gasteiger partial charge in [-0.1, -0.05) is 17.7 Å². The number of benzene rings is 2. The van der Waals surface area contributed by atoms with E-state index < -0.39 is 5.91 Å². The number of methoxy groups -OCH3 is 2. The van der Waals surface area contributed by atoms with Crippen LogP contribution in [0.15, 0.2) is 35.9 Å². The fourth-order valence-corrected chi connectivity index (χ4v) is 2.99. The van der Waals surface area contributed by atoms with Gasteiger partial charge in [-0.3, -0.25) is 4.79 Å². The summed E-state index contributed by atoms with van der Waals surface area (Å²) in [6, 6.07) is 10.6. The quantitative estimate of drug-likeness (QED) is 0.377. The highest BCUT2D eigenvalue weighted by Gasteiger charge is 2.14. The predicted octanol–water partition coefficient (Wildman–Crippen LogP) is 4.82. The minimum atomic E-state index is -0.511. The van der Waals surface area contributed by atoms with Gasteiger partial charge >= 0.3 is 0 Å². The largest absolute Gasteiger partial charge is 0.493 e. The SMILES string of the molecule is COc1cc(I)c(/C=C(\C#N)C(=O)Nc2cccc(Cl)c2C)cc1OC. The van der Waals surface area contributed by atoms with Crippen molar-refractivity contribution in [3.63, 3.8) is 0 Å². The van der Waals surface area contributed by atoms with Crippen molar-refractivity contribution < 1.29 is 14.3 Å². The van der Waals surface area contributed by atoms with Gasteiger partial charge in [0.25, 0.3) is 5.91 Å². The summed E-state index contributed by atoms with van der Waals surface area (Å²) in [5.74, 6) is 0.581. The molecule has 0 atom stereocenters. The average molecular weight is 483 g/mol. The maximum atomic E-state index is 12.5. The van der Waals surface area contributed by atoms with Crippen molar-refractivity contribution in [1.29, 1.82) is 5.26 Å². The zero-order valence-corrected chi connectivity index (χ0v) is 17.3. The molecule has 2 aromatic rings. The fourth-order valence-electron chi connectivity index (χ4n) is 2.22. The number of hydrogen-bond donors (Lipinski definition) is 1. The van der Waals surface area contributed by atoms with E-state index in [2.05, 4.69) is 27.9 Å². The third-order valence-electron chi connectivity index (χ3n) is 3.68. The maximum absolute atomic E-state index is 12.5. The number of carbonyl (C=O) groups excluding carboxylic acids is 1. The first-order valence-electron chi connectivity index (χ1n) is 7.51. The van der Waals surface area contributed by atoms with Crippen molar-refractivity contribution in [1.82, 2.24) is 0 Å². The number of carbonyl (C=O) groups is 1. The van der Waals surface area contributed by atoms with Crippen molar-refractivity contribution >= 4 is 51.9 Å². The first kappa shape index (κ1) is 20.1. The van der Waals surface area contributed by atoms with Crippen molar-refractivity contribution in [2.75, 3.05) is 19.5 Å². The summed E-state index contributed by atoms with van der Waals surface area (Å²) in [5.41, 5.74) is 1.94. The molecule has 0 bridgehead atoms. The molecule has 0 heterocycles. The Morgan fingerprint density at radius 3 is 2.54 bits per heavy atom. The van der Waals surface area contributed by atoms with E-state index in [9.17, 15) is 10.1 Å². The molecule has 26 heavy (non-hydrogen) atoms. The van der Waals surface area contributed by atoms with Crippen LogP contribution in [0.1, 0.15) is 11.1 Å². The number of anilines is 1. The lowest BCUT2D eigenvalue weighted by Gasteiger charge is -2.11. The van der Waals surface area contributed by atoms with Crippen LogP contribution in [0, 0.1) is 21.8 Å². The van der Waals surface area contributed by atoms with Gasteiger partial charge in [0.05, 0.1) is 14.2 Å². The van der Waals surface area contributed by atoms with Gasteiger partial charge in [0.15, 0.2) is 11.5 Å². The Kier molecular flexibility index (Phi) is 6.89. The molecule has 2 rings (SSSR count). The van der Waals surface area contributed by atoms with E-state index in [4.69, 9.17) is 21.1 Å². The van der Waals surface area contributed by atoms with E-state index in [1.54, 1.807) is 44.4 Å². The second kappa shape index (κ2) is 8.92. The van der Waals surface area contributed by atoms with Crippen LogP contribution in [0.3, 0.4) is 0 Å². The Morgan fingerprint density at radius 1 is 1.27 bits per heavy atom. The highest BCUT2D eigenvalue weighted by molar-refractivity contribution is 14.1. The van der Waals surface area contributed by atoms with Crippen LogP contribution < -0.4 is 14.8 Å². The molecule has 1 N–H and O–H groups in total. The zero-order valence-electron chi connectivity index (χ0n) is 14.4. The van der Waals surface area contributed by atoms with Crippen molar-refractivity contribution in [2.24, 2.45) is 0 Å². The summed E-state index contributed by atoms with van der Waals surface area (Å²) in [6.07, 6.45) is 1.51. The van der Waals surface area contributed by atoms with Gasteiger partial charge in [-0.2, -0.15) is 5.26 Å². The molecule has 0 fully saturated rings. The second-order valence-electron chi connectivity index (χ2n) is 5.27. The zero-order chi connectivity index (χ0) is 19.3. The molecule has 0 aliphatic heterocycles. The smallest absolute Gasteiger partial charge is 0.266 e. The van der Waals surface area contributed by atoms with Gasteiger partial charge in [0.1, 0.15) is 11.6 Å². The Morgan fingerprint density at radius 2 is 1.92 bits per heavy atom. The number of halogens is 2. The summed E-state index contributed by atoms with van der Waals surface area (Å²) < 4.78 is 11.3. The summed E-state index contributed by atoms with van der Waals surface area (Å²) in [4.78, 5) is 12.5. The van der Waals surface area contributed by atoms with Crippen LogP contribution in [0.25, 0.3) is 6.08 Å². The highest BCUT2D eigenvalue weighted by atomic mass is 127. The number of nitrogens with one attached hydrogen (secondary N) is 1. The van der Waals surface area contributed by atoms with Crippen LogP contribution in [0.4, 0.5) is 5.69 Å². The predicted molar refractivity (Wildman–Crippen MR) is 111 cm³/mol. The van der Waals surface area contributed by atoms with Crippen molar-refractivity contribution in [3.05, 3.63) is 55.6 Å². The maximum Gasteiger partial charge on any atom is 0.266 e. The molecule has 2 aromatic carbocycles. The number of ether oxygens (including phenoxy) is 2. The molecular weight excluding hydrogens is 467 g/mol. The normalized spacial score (nSPS) is 10.8.